The average molecular weight is 562 g/mol. The number of nitrogens with one attached hydrogen (secondary N) is 2. The lowest BCUT2D eigenvalue weighted by atomic mass is 10.2. The molecule has 198 valence electrons. The van der Waals surface area contributed by atoms with Gasteiger partial charge in [-0.1, -0.05) is 6.07 Å². The molecule has 0 aliphatic rings. The van der Waals surface area contributed by atoms with Gasteiger partial charge in [-0.2, -0.15) is 0 Å². The molecule has 1 amide bonds. The molecule has 39 heavy (non-hydrogen) atoms. The van der Waals surface area contributed by atoms with Crippen molar-refractivity contribution >= 4 is 49.1 Å². The van der Waals surface area contributed by atoms with Crippen LogP contribution >= 0.6 is 11.3 Å². The van der Waals surface area contributed by atoms with Gasteiger partial charge in [0.15, 0.2) is 6.61 Å². The number of nitrogens with zero attached hydrogens (tertiary/aromatic N) is 1. The summed E-state index contributed by atoms with van der Waals surface area (Å²) in [4.78, 5) is 29.3. The Morgan fingerprint density at radius 1 is 1.00 bits per heavy atom. The minimum atomic E-state index is -3.80. The van der Waals surface area contributed by atoms with Crippen LogP contribution in [-0.4, -0.2) is 31.9 Å². The van der Waals surface area contributed by atoms with Gasteiger partial charge in [-0.15, -0.1) is 11.3 Å². The molecule has 5 rings (SSSR count). The Balaban J connectivity index is 1.13. The molecule has 2 heterocycles. The first-order valence-electron chi connectivity index (χ1n) is 11.8. The average Bonchev–Trinajstić information content (AvgIpc) is 3.61. The number of carbonyl (C=O) groups is 2. The van der Waals surface area contributed by atoms with E-state index >= 15 is 0 Å². The molecule has 0 saturated carbocycles. The first-order valence-corrected chi connectivity index (χ1v) is 14.1. The molecular formula is C28H23N3O6S2. The third kappa shape index (κ3) is 6.40. The summed E-state index contributed by atoms with van der Waals surface area (Å²) in [6.45, 7) is 1.54. The number of aryl methyl sites for hydroxylation is 1. The van der Waals surface area contributed by atoms with Crippen molar-refractivity contribution in [3.63, 3.8) is 0 Å². The number of fused-ring (bicyclic) bond motifs is 1. The van der Waals surface area contributed by atoms with Gasteiger partial charge < -0.3 is 14.5 Å². The van der Waals surface area contributed by atoms with Crippen molar-refractivity contribution in [2.24, 2.45) is 0 Å². The van der Waals surface area contributed by atoms with E-state index in [4.69, 9.17) is 9.15 Å². The summed E-state index contributed by atoms with van der Waals surface area (Å²) >= 11 is 1.60. The van der Waals surface area contributed by atoms with Crippen LogP contribution < -0.4 is 10.0 Å². The SMILES string of the molecule is Cc1ccc2nc(-c3ccc(NC(=O)COC(=O)c4ccc(S(=O)(=O)NCc5ccco5)cc4)cc3)sc2c1. The smallest absolute Gasteiger partial charge is 0.338 e. The standard InChI is InChI=1S/C28H23N3O6S2/c1-18-4-13-24-25(15-18)38-27(31-24)19-5-9-21(10-6-19)30-26(32)17-37-28(33)20-7-11-23(12-8-20)39(34,35)29-16-22-3-2-14-36-22/h2-15,29H,16-17H2,1H3,(H,30,32). The highest BCUT2D eigenvalue weighted by Crippen LogP contribution is 2.31. The first-order chi connectivity index (χ1) is 18.8. The van der Waals surface area contributed by atoms with Gasteiger partial charge in [-0.3, -0.25) is 4.79 Å². The van der Waals surface area contributed by atoms with E-state index in [1.807, 2.05) is 31.2 Å². The molecule has 0 unspecified atom stereocenters. The maximum atomic E-state index is 12.4. The maximum Gasteiger partial charge on any atom is 0.338 e. The highest BCUT2D eigenvalue weighted by molar-refractivity contribution is 7.89. The predicted molar refractivity (Wildman–Crippen MR) is 148 cm³/mol. The van der Waals surface area contributed by atoms with Gasteiger partial charge in [0.2, 0.25) is 10.0 Å². The number of esters is 1. The van der Waals surface area contributed by atoms with E-state index in [0.717, 1.165) is 20.8 Å². The Kier molecular flexibility index (Phi) is 7.55. The van der Waals surface area contributed by atoms with E-state index in [1.165, 1.54) is 36.1 Å². The van der Waals surface area contributed by atoms with Crippen LogP contribution in [0, 0.1) is 6.92 Å². The molecule has 2 aromatic heterocycles. The number of hydrogen-bond donors (Lipinski definition) is 2. The number of amides is 1. The number of hydrogen-bond acceptors (Lipinski definition) is 8. The summed E-state index contributed by atoms with van der Waals surface area (Å²) in [5.74, 6) is -0.789. The number of anilines is 1. The lowest BCUT2D eigenvalue weighted by Crippen LogP contribution is -2.23. The van der Waals surface area contributed by atoms with E-state index in [-0.39, 0.29) is 17.0 Å². The topological polar surface area (TPSA) is 128 Å². The Bertz CT molecular complexity index is 1730. The minimum absolute atomic E-state index is 0.00133. The lowest BCUT2D eigenvalue weighted by Gasteiger charge is -2.08. The van der Waals surface area contributed by atoms with Gasteiger partial charge in [0.05, 0.1) is 33.5 Å². The molecular weight excluding hydrogens is 538 g/mol. The number of furan rings is 1. The number of carbonyl (C=O) groups excluding carboxylic acids is 2. The van der Waals surface area contributed by atoms with Crippen LogP contribution in [0.2, 0.25) is 0 Å². The normalized spacial score (nSPS) is 11.4. The van der Waals surface area contributed by atoms with E-state index < -0.39 is 28.5 Å². The van der Waals surface area contributed by atoms with E-state index in [0.29, 0.717) is 11.4 Å². The third-order valence-electron chi connectivity index (χ3n) is 5.71. The second kappa shape index (κ2) is 11.2. The fourth-order valence-electron chi connectivity index (χ4n) is 3.70. The van der Waals surface area contributed by atoms with Crippen LogP contribution in [0.4, 0.5) is 5.69 Å². The van der Waals surface area contributed by atoms with Crippen molar-refractivity contribution in [3.8, 4) is 10.6 Å². The number of sulfonamides is 1. The zero-order chi connectivity index (χ0) is 27.4. The molecule has 2 N–H and O–H groups in total. The van der Waals surface area contributed by atoms with Crippen molar-refractivity contribution in [1.29, 1.82) is 0 Å². The Morgan fingerprint density at radius 3 is 2.49 bits per heavy atom. The molecule has 0 saturated heterocycles. The monoisotopic (exact) mass is 561 g/mol. The van der Waals surface area contributed by atoms with Crippen LogP contribution in [0.5, 0.6) is 0 Å². The molecule has 5 aromatic rings. The van der Waals surface area contributed by atoms with E-state index in [1.54, 1.807) is 35.6 Å². The van der Waals surface area contributed by atoms with Gasteiger partial charge in [-0.05, 0) is 85.3 Å². The van der Waals surface area contributed by atoms with Crippen LogP contribution in [0.1, 0.15) is 21.7 Å². The van der Waals surface area contributed by atoms with Crippen molar-refractivity contribution < 1.29 is 27.2 Å². The Labute approximate surface area is 228 Å². The maximum absolute atomic E-state index is 12.4. The summed E-state index contributed by atoms with van der Waals surface area (Å²) in [5.41, 5.74) is 3.71. The molecule has 0 bridgehead atoms. The van der Waals surface area contributed by atoms with Crippen molar-refractivity contribution in [2.75, 3.05) is 11.9 Å². The van der Waals surface area contributed by atoms with Crippen molar-refractivity contribution in [3.05, 3.63) is 102 Å². The molecule has 0 radical (unpaired) electrons. The molecule has 3 aromatic carbocycles. The van der Waals surface area contributed by atoms with Crippen LogP contribution in [-0.2, 0) is 26.1 Å². The zero-order valence-corrected chi connectivity index (χ0v) is 22.3. The molecule has 0 aliphatic carbocycles. The zero-order valence-electron chi connectivity index (χ0n) is 20.7. The van der Waals surface area contributed by atoms with E-state index in [9.17, 15) is 18.0 Å². The molecule has 0 aliphatic heterocycles. The summed E-state index contributed by atoms with van der Waals surface area (Å²) in [6.07, 6.45) is 1.45. The van der Waals surface area contributed by atoms with Crippen LogP contribution in [0.3, 0.4) is 0 Å². The predicted octanol–water partition coefficient (Wildman–Crippen LogP) is 5.14. The minimum Gasteiger partial charge on any atom is -0.468 e. The first kappa shape index (κ1) is 26.3. The van der Waals surface area contributed by atoms with Gasteiger partial charge in [0.25, 0.3) is 5.91 Å². The summed E-state index contributed by atoms with van der Waals surface area (Å²) in [7, 11) is -3.80. The molecule has 0 atom stereocenters. The number of benzene rings is 3. The summed E-state index contributed by atoms with van der Waals surface area (Å²) in [6, 6.07) is 21.9. The van der Waals surface area contributed by atoms with Gasteiger partial charge in [0, 0.05) is 11.3 Å². The molecule has 0 spiro atoms. The molecule has 0 fully saturated rings. The summed E-state index contributed by atoms with van der Waals surface area (Å²) in [5, 5.41) is 3.57. The number of aromatic nitrogens is 1. The second-order valence-corrected chi connectivity index (χ2v) is 11.4. The van der Waals surface area contributed by atoms with Gasteiger partial charge in [0.1, 0.15) is 10.8 Å². The van der Waals surface area contributed by atoms with Crippen molar-refractivity contribution in [1.82, 2.24) is 9.71 Å². The quantitative estimate of drug-likeness (QED) is 0.239. The number of thiazole rings is 1. The highest BCUT2D eigenvalue weighted by atomic mass is 32.2. The van der Waals surface area contributed by atoms with Crippen molar-refractivity contribution in [2.45, 2.75) is 18.4 Å². The Morgan fingerprint density at radius 2 is 1.77 bits per heavy atom. The fraction of sp³-hybridized carbons (Fsp3) is 0.107. The number of ether oxygens (including phenoxy) is 1. The molecule has 11 heteroatoms. The largest absolute Gasteiger partial charge is 0.468 e. The van der Waals surface area contributed by atoms with Crippen LogP contribution in [0.25, 0.3) is 20.8 Å². The number of rotatable bonds is 9. The Hall–Kier alpha value is -4.32. The molecule has 9 nitrogen and oxygen atoms in total. The van der Waals surface area contributed by atoms with E-state index in [2.05, 4.69) is 21.1 Å². The van der Waals surface area contributed by atoms with Gasteiger partial charge in [-0.25, -0.2) is 22.9 Å². The lowest BCUT2D eigenvalue weighted by molar-refractivity contribution is -0.119. The van der Waals surface area contributed by atoms with Gasteiger partial charge >= 0.3 is 5.97 Å². The second-order valence-electron chi connectivity index (χ2n) is 8.62. The highest BCUT2D eigenvalue weighted by Gasteiger charge is 2.17. The van der Waals surface area contributed by atoms with Crippen LogP contribution in [0.15, 0.2) is 94.4 Å². The fourth-order valence-corrected chi connectivity index (χ4v) is 5.76. The summed E-state index contributed by atoms with van der Waals surface area (Å²) < 4.78 is 38.6. The third-order valence-corrected chi connectivity index (χ3v) is 8.20.